The van der Waals surface area contributed by atoms with E-state index in [1.165, 1.54) is 0 Å². The minimum absolute atomic E-state index is 0. The molecule has 0 aliphatic heterocycles. The van der Waals surface area contributed by atoms with Crippen molar-refractivity contribution >= 4 is 11.9 Å². The topological polar surface area (TPSA) is 69.2 Å². The third-order valence-electron chi connectivity index (χ3n) is 2.36. The van der Waals surface area contributed by atoms with Crippen molar-refractivity contribution in [2.75, 3.05) is 6.54 Å². The van der Waals surface area contributed by atoms with Gasteiger partial charge in [0.15, 0.2) is 0 Å². The molecule has 15 heavy (non-hydrogen) atoms. The fourth-order valence-corrected chi connectivity index (χ4v) is 1.57. The number of hydrogen-bond donors (Lipinski definition) is 1. The van der Waals surface area contributed by atoms with Crippen LogP contribution in [-0.2, 0) is 9.59 Å². The van der Waals surface area contributed by atoms with Crippen molar-refractivity contribution < 1.29 is 44.3 Å². The van der Waals surface area contributed by atoms with E-state index in [0.717, 1.165) is 0 Å². The van der Waals surface area contributed by atoms with Crippen LogP contribution < -0.4 is 40.0 Å². The molecule has 0 spiro atoms. The van der Waals surface area contributed by atoms with Gasteiger partial charge in [-0.1, -0.05) is 13.8 Å². The van der Waals surface area contributed by atoms with Crippen LogP contribution in [0.4, 0.5) is 0 Å². The molecular formula is C10H18NNaO3. The molecule has 0 bridgehead atoms. The number of carboxylic acids is 1. The molecule has 0 saturated carbocycles. The van der Waals surface area contributed by atoms with Gasteiger partial charge in [-0.3, -0.25) is 4.79 Å². The van der Waals surface area contributed by atoms with Crippen LogP contribution in [0.15, 0.2) is 0 Å². The van der Waals surface area contributed by atoms with Crippen molar-refractivity contribution in [2.45, 2.75) is 33.6 Å². The first-order valence-electron chi connectivity index (χ1n) is 5.06. The molecule has 0 aliphatic rings. The number of carbonyl (C=O) groups excluding carboxylic acids is 2. The van der Waals surface area contributed by atoms with Crippen molar-refractivity contribution in [3.63, 3.8) is 0 Å². The van der Waals surface area contributed by atoms with E-state index in [1.807, 2.05) is 13.8 Å². The zero-order valence-corrected chi connectivity index (χ0v) is 12.0. The Bertz CT molecular complexity index is 209. The molecule has 1 amide bonds. The molecule has 0 radical (unpaired) electrons. The second kappa shape index (κ2) is 9.19. The summed E-state index contributed by atoms with van der Waals surface area (Å²) in [6.07, 6.45) is 0.955. The first kappa shape index (κ1) is 17.3. The third kappa shape index (κ3) is 5.54. The first-order valence-corrected chi connectivity index (χ1v) is 5.06. The molecule has 0 aliphatic carbocycles. The molecule has 0 aromatic heterocycles. The second-order valence-corrected chi connectivity index (χ2v) is 3.24. The van der Waals surface area contributed by atoms with Gasteiger partial charge in [-0.05, 0) is 19.8 Å². The maximum atomic E-state index is 11.5. The van der Waals surface area contributed by atoms with Crippen molar-refractivity contribution in [1.29, 1.82) is 0 Å². The van der Waals surface area contributed by atoms with E-state index in [0.29, 0.717) is 19.4 Å². The number of carboxylic acid groups (broad SMARTS) is 1. The van der Waals surface area contributed by atoms with E-state index in [4.69, 9.17) is 0 Å². The van der Waals surface area contributed by atoms with Crippen LogP contribution in [0.2, 0.25) is 0 Å². The minimum atomic E-state index is -1.13. The molecule has 0 aromatic rings. The Morgan fingerprint density at radius 3 is 1.87 bits per heavy atom. The third-order valence-corrected chi connectivity index (χ3v) is 2.36. The van der Waals surface area contributed by atoms with Crippen molar-refractivity contribution in [3.8, 4) is 0 Å². The monoisotopic (exact) mass is 223 g/mol. The smallest absolute Gasteiger partial charge is 0.550 e. The van der Waals surface area contributed by atoms with Gasteiger partial charge in [-0.15, -0.1) is 0 Å². The summed E-state index contributed by atoms with van der Waals surface area (Å²) in [5, 5.41) is 13.4. The van der Waals surface area contributed by atoms with E-state index in [2.05, 4.69) is 5.32 Å². The molecule has 2 unspecified atom stereocenters. The van der Waals surface area contributed by atoms with Gasteiger partial charge in [0.1, 0.15) is 0 Å². The van der Waals surface area contributed by atoms with E-state index in [9.17, 15) is 14.7 Å². The van der Waals surface area contributed by atoms with Crippen LogP contribution in [-0.4, -0.2) is 18.4 Å². The van der Waals surface area contributed by atoms with Gasteiger partial charge < -0.3 is 15.2 Å². The molecule has 0 aromatic carbocycles. The van der Waals surface area contributed by atoms with E-state index >= 15 is 0 Å². The standard InChI is InChI=1S/C10H19NO3.Na/c1-4-7(9(12)11-6-3)8(5-2)10(13)14;/h7-8H,4-6H2,1-3H3,(H,11,12)(H,13,14);/q;+1/p-1. The normalized spacial score (nSPS) is 13.5. The van der Waals surface area contributed by atoms with E-state index in [-0.39, 0.29) is 35.5 Å². The van der Waals surface area contributed by atoms with Crippen LogP contribution >= 0.6 is 0 Å². The fourth-order valence-electron chi connectivity index (χ4n) is 1.57. The summed E-state index contributed by atoms with van der Waals surface area (Å²) in [5.74, 6) is -2.46. The first-order chi connectivity index (χ1) is 6.58. The predicted molar refractivity (Wildman–Crippen MR) is 51.3 cm³/mol. The quantitative estimate of drug-likeness (QED) is 0.486. The van der Waals surface area contributed by atoms with Gasteiger partial charge in [0.25, 0.3) is 0 Å². The summed E-state index contributed by atoms with van der Waals surface area (Å²) >= 11 is 0. The Kier molecular flexibility index (Phi) is 10.6. The average molecular weight is 223 g/mol. The zero-order valence-electron chi connectivity index (χ0n) is 10.0. The Morgan fingerprint density at radius 1 is 1.13 bits per heavy atom. The van der Waals surface area contributed by atoms with Gasteiger partial charge in [-0.25, -0.2) is 0 Å². The minimum Gasteiger partial charge on any atom is -0.550 e. The maximum absolute atomic E-state index is 11.5. The van der Waals surface area contributed by atoms with Gasteiger partial charge in [0, 0.05) is 24.3 Å². The number of rotatable bonds is 6. The maximum Gasteiger partial charge on any atom is 1.00 e. The van der Waals surface area contributed by atoms with Gasteiger partial charge in [0.2, 0.25) is 5.91 Å². The largest absolute Gasteiger partial charge is 1.00 e. The Balaban J connectivity index is 0. The molecule has 5 heteroatoms. The van der Waals surface area contributed by atoms with Crippen LogP contribution in [0.5, 0.6) is 0 Å². The zero-order chi connectivity index (χ0) is 11.1. The number of hydrogen-bond acceptors (Lipinski definition) is 3. The summed E-state index contributed by atoms with van der Waals surface area (Å²) in [7, 11) is 0. The van der Waals surface area contributed by atoms with E-state index in [1.54, 1.807) is 6.92 Å². The van der Waals surface area contributed by atoms with Crippen LogP contribution in [0.1, 0.15) is 33.6 Å². The summed E-state index contributed by atoms with van der Waals surface area (Å²) in [5.41, 5.74) is 0. The fraction of sp³-hybridized carbons (Fsp3) is 0.800. The molecule has 1 N–H and O–H groups in total. The number of amides is 1. The van der Waals surface area contributed by atoms with Gasteiger partial charge in [0.05, 0.1) is 0 Å². The number of aliphatic carboxylic acids is 1. The average Bonchev–Trinajstić information content (AvgIpc) is 2.13. The molecule has 0 fully saturated rings. The summed E-state index contributed by atoms with van der Waals surface area (Å²) in [6, 6.07) is 0. The van der Waals surface area contributed by atoms with Crippen molar-refractivity contribution in [2.24, 2.45) is 11.8 Å². The molecule has 0 rings (SSSR count). The van der Waals surface area contributed by atoms with Crippen LogP contribution in [0.25, 0.3) is 0 Å². The van der Waals surface area contributed by atoms with Crippen molar-refractivity contribution in [3.05, 3.63) is 0 Å². The SMILES string of the molecule is CCNC(=O)C(CC)C(CC)C(=O)[O-].[Na+]. The summed E-state index contributed by atoms with van der Waals surface area (Å²) in [4.78, 5) is 22.2. The predicted octanol–water partition coefficient (Wildman–Crippen LogP) is -3.07. The second-order valence-electron chi connectivity index (χ2n) is 3.24. The van der Waals surface area contributed by atoms with E-state index < -0.39 is 17.8 Å². The summed E-state index contributed by atoms with van der Waals surface area (Å²) < 4.78 is 0. The Hall–Kier alpha value is -0.0600. The van der Waals surface area contributed by atoms with Crippen LogP contribution in [0.3, 0.4) is 0 Å². The Morgan fingerprint density at radius 2 is 1.60 bits per heavy atom. The number of carbonyl (C=O) groups is 2. The summed E-state index contributed by atoms with van der Waals surface area (Å²) in [6.45, 7) is 5.90. The Labute approximate surface area is 113 Å². The molecule has 82 valence electrons. The van der Waals surface area contributed by atoms with Gasteiger partial charge >= 0.3 is 29.6 Å². The van der Waals surface area contributed by atoms with Crippen LogP contribution in [0, 0.1) is 11.8 Å². The number of nitrogens with one attached hydrogen (secondary N) is 1. The molecule has 4 nitrogen and oxygen atoms in total. The molecule has 0 heterocycles. The van der Waals surface area contributed by atoms with Gasteiger partial charge in [-0.2, -0.15) is 0 Å². The van der Waals surface area contributed by atoms with Crippen molar-refractivity contribution in [1.82, 2.24) is 5.32 Å². The molecular weight excluding hydrogens is 205 g/mol. The molecule has 2 atom stereocenters. The molecule has 0 saturated heterocycles.